The summed E-state index contributed by atoms with van der Waals surface area (Å²) in [6.45, 7) is 1.96. The van der Waals surface area contributed by atoms with Gasteiger partial charge in [0.25, 0.3) is 0 Å². The number of nitrogens with one attached hydrogen (secondary N) is 1. The molecule has 0 radical (unpaired) electrons. The molecule has 2 nitrogen and oxygen atoms in total. The first-order chi connectivity index (χ1) is 8.61. The van der Waals surface area contributed by atoms with Crippen molar-refractivity contribution in [1.82, 2.24) is 0 Å². The lowest BCUT2D eigenvalue weighted by molar-refractivity contribution is 1.39. The molecule has 0 heterocycles. The van der Waals surface area contributed by atoms with Crippen molar-refractivity contribution in [2.75, 3.05) is 5.32 Å². The second-order valence-electron chi connectivity index (χ2n) is 3.86. The number of nitriles is 1. The Morgan fingerprint density at radius 2 is 2.06 bits per heavy atom. The molecule has 0 saturated carbocycles. The van der Waals surface area contributed by atoms with Gasteiger partial charge >= 0.3 is 0 Å². The van der Waals surface area contributed by atoms with E-state index in [1.54, 1.807) is 6.07 Å². The van der Waals surface area contributed by atoms with Gasteiger partial charge in [-0.05, 0) is 59.3 Å². The highest BCUT2D eigenvalue weighted by Gasteiger charge is 2.07. The topological polar surface area (TPSA) is 35.8 Å². The van der Waals surface area contributed by atoms with Crippen molar-refractivity contribution >= 4 is 45.6 Å². The molecule has 0 aliphatic rings. The predicted octanol–water partition coefficient (Wildman–Crippen LogP) is 4.87. The van der Waals surface area contributed by atoms with Gasteiger partial charge in [-0.15, -0.1) is 0 Å². The maximum Gasteiger partial charge on any atom is 0.101 e. The Kier molecular flexibility index (Phi) is 4.10. The minimum atomic E-state index is 0.615. The third-order valence-corrected chi connectivity index (χ3v) is 3.57. The molecule has 0 saturated heterocycles. The highest BCUT2D eigenvalue weighted by atomic mass is 127. The number of hydrogen-bond acceptors (Lipinski definition) is 2. The van der Waals surface area contributed by atoms with E-state index in [0.717, 1.165) is 20.5 Å². The summed E-state index contributed by atoms with van der Waals surface area (Å²) in [6, 6.07) is 13.6. The highest BCUT2D eigenvalue weighted by Crippen LogP contribution is 2.30. The zero-order valence-corrected chi connectivity index (χ0v) is 12.6. The fourth-order valence-electron chi connectivity index (χ4n) is 1.65. The Balaban J connectivity index is 2.43. The minimum absolute atomic E-state index is 0.615. The maximum atomic E-state index is 9.11. The molecule has 0 atom stereocenters. The van der Waals surface area contributed by atoms with Crippen LogP contribution in [0.2, 0.25) is 5.02 Å². The number of aryl methyl sites for hydroxylation is 1. The molecule has 0 aliphatic carbocycles. The van der Waals surface area contributed by atoms with Crippen LogP contribution < -0.4 is 5.32 Å². The largest absolute Gasteiger partial charge is 0.353 e. The number of anilines is 2. The van der Waals surface area contributed by atoms with Crippen LogP contribution in [-0.4, -0.2) is 0 Å². The summed E-state index contributed by atoms with van der Waals surface area (Å²) in [6.07, 6.45) is 0. The van der Waals surface area contributed by atoms with Crippen molar-refractivity contribution < 1.29 is 0 Å². The van der Waals surface area contributed by atoms with E-state index in [0.29, 0.717) is 10.6 Å². The Labute approximate surface area is 125 Å². The second-order valence-corrected chi connectivity index (χ2v) is 5.51. The van der Waals surface area contributed by atoms with Crippen molar-refractivity contribution in [3.8, 4) is 6.07 Å². The molecule has 0 aliphatic heterocycles. The van der Waals surface area contributed by atoms with Crippen molar-refractivity contribution in [2.45, 2.75) is 6.92 Å². The normalized spacial score (nSPS) is 9.89. The number of nitrogens with zero attached hydrogens (tertiary/aromatic N) is 1. The van der Waals surface area contributed by atoms with Crippen LogP contribution in [0.25, 0.3) is 0 Å². The van der Waals surface area contributed by atoms with Crippen LogP contribution in [0.4, 0.5) is 11.4 Å². The second kappa shape index (κ2) is 5.59. The van der Waals surface area contributed by atoms with E-state index in [4.69, 9.17) is 16.9 Å². The van der Waals surface area contributed by atoms with Crippen LogP contribution >= 0.6 is 34.2 Å². The van der Waals surface area contributed by atoms with Gasteiger partial charge in [0, 0.05) is 3.57 Å². The Morgan fingerprint density at radius 1 is 1.28 bits per heavy atom. The van der Waals surface area contributed by atoms with Gasteiger partial charge in [-0.2, -0.15) is 5.26 Å². The SMILES string of the molecule is Cc1cccc(C#N)c1Nc1ccc(I)cc1Cl. The average Bonchev–Trinajstić information content (AvgIpc) is 2.34. The number of para-hydroxylation sites is 1. The van der Waals surface area contributed by atoms with Gasteiger partial charge in [-0.25, -0.2) is 0 Å². The first-order valence-electron chi connectivity index (χ1n) is 5.33. The molecule has 0 fully saturated rings. The van der Waals surface area contributed by atoms with Gasteiger partial charge in [-0.1, -0.05) is 23.7 Å². The Bertz CT molecular complexity index is 632. The van der Waals surface area contributed by atoms with Crippen LogP contribution in [0.15, 0.2) is 36.4 Å². The molecule has 0 unspecified atom stereocenters. The Hall–Kier alpha value is -1.25. The number of hydrogen-bond donors (Lipinski definition) is 1. The summed E-state index contributed by atoms with van der Waals surface area (Å²) >= 11 is 8.39. The van der Waals surface area contributed by atoms with Gasteiger partial charge in [0.15, 0.2) is 0 Å². The fourth-order valence-corrected chi connectivity index (χ4v) is 2.56. The Morgan fingerprint density at radius 3 is 2.72 bits per heavy atom. The molecule has 0 spiro atoms. The van der Waals surface area contributed by atoms with Crippen molar-refractivity contribution in [1.29, 1.82) is 5.26 Å². The summed E-state index contributed by atoms with van der Waals surface area (Å²) in [5, 5.41) is 13.0. The first-order valence-corrected chi connectivity index (χ1v) is 6.79. The van der Waals surface area contributed by atoms with Crippen molar-refractivity contribution in [3.63, 3.8) is 0 Å². The van der Waals surface area contributed by atoms with E-state index in [2.05, 4.69) is 34.0 Å². The lowest BCUT2D eigenvalue weighted by Gasteiger charge is -2.12. The summed E-state index contributed by atoms with van der Waals surface area (Å²) in [4.78, 5) is 0. The van der Waals surface area contributed by atoms with Crippen LogP contribution in [0, 0.1) is 21.8 Å². The fraction of sp³-hybridized carbons (Fsp3) is 0.0714. The summed E-state index contributed by atoms with van der Waals surface area (Å²) in [5.74, 6) is 0. The molecule has 18 heavy (non-hydrogen) atoms. The third kappa shape index (κ3) is 2.77. The molecule has 0 bridgehead atoms. The zero-order valence-electron chi connectivity index (χ0n) is 9.67. The third-order valence-electron chi connectivity index (χ3n) is 2.58. The number of benzene rings is 2. The minimum Gasteiger partial charge on any atom is -0.353 e. The molecule has 4 heteroatoms. The standard InChI is InChI=1S/C14H10ClIN2/c1-9-3-2-4-10(8-17)14(9)18-13-6-5-11(16)7-12(13)15/h2-7,18H,1H3. The lowest BCUT2D eigenvalue weighted by Crippen LogP contribution is -1.97. The predicted molar refractivity (Wildman–Crippen MR) is 83.3 cm³/mol. The van der Waals surface area contributed by atoms with E-state index < -0.39 is 0 Å². The number of halogens is 2. The molecule has 0 aromatic heterocycles. The maximum absolute atomic E-state index is 9.11. The van der Waals surface area contributed by atoms with E-state index in [-0.39, 0.29) is 0 Å². The molecule has 2 rings (SSSR count). The summed E-state index contributed by atoms with van der Waals surface area (Å²) in [7, 11) is 0. The van der Waals surface area contributed by atoms with Gasteiger partial charge in [-0.3, -0.25) is 0 Å². The molecule has 2 aromatic carbocycles. The number of rotatable bonds is 2. The molecule has 2 aromatic rings. The quantitative estimate of drug-likeness (QED) is 0.768. The zero-order chi connectivity index (χ0) is 13.1. The average molecular weight is 369 g/mol. The van der Waals surface area contributed by atoms with E-state index in [1.807, 2.05) is 37.3 Å². The van der Waals surface area contributed by atoms with E-state index in [1.165, 1.54) is 0 Å². The summed E-state index contributed by atoms with van der Waals surface area (Å²) in [5.41, 5.74) is 3.25. The summed E-state index contributed by atoms with van der Waals surface area (Å²) < 4.78 is 1.08. The molecule has 90 valence electrons. The molecule has 0 amide bonds. The van der Waals surface area contributed by atoms with Gasteiger partial charge in [0.1, 0.15) is 6.07 Å². The monoisotopic (exact) mass is 368 g/mol. The van der Waals surface area contributed by atoms with Crippen molar-refractivity contribution in [3.05, 3.63) is 56.1 Å². The lowest BCUT2D eigenvalue weighted by atomic mass is 10.1. The van der Waals surface area contributed by atoms with E-state index >= 15 is 0 Å². The van der Waals surface area contributed by atoms with Gasteiger partial charge in [0.2, 0.25) is 0 Å². The van der Waals surface area contributed by atoms with Gasteiger partial charge < -0.3 is 5.32 Å². The van der Waals surface area contributed by atoms with Crippen LogP contribution in [0.3, 0.4) is 0 Å². The molecular weight excluding hydrogens is 359 g/mol. The smallest absolute Gasteiger partial charge is 0.101 e. The van der Waals surface area contributed by atoms with E-state index in [9.17, 15) is 0 Å². The van der Waals surface area contributed by atoms with Gasteiger partial charge in [0.05, 0.1) is 22.0 Å². The van der Waals surface area contributed by atoms with Crippen LogP contribution in [0.1, 0.15) is 11.1 Å². The molecule has 1 N–H and O–H groups in total. The highest BCUT2D eigenvalue weighted by molar-refractivity contribution is 14.1. The van der Waals surface area contributed by atoms with Crippen LogP contribution in [-0.2, 0) is 0 Å². The first kappa shape index (κ1) is 13.2. The molecular formula is C14H10ClIN2. The van der Waals surface area contributed by atoms with Crippen LogP contribution in [0.5, 0.6) is 0 Å². The van der Waals surface area contributed by atoms with Crippen molar-refractivity contribution in [2.24, 2.45) is 0 Å².